The highest BCUT2D eigenvalue weighted by atomic mass is 32.2. The fourth-order valence-corrected chi connectivity index (χ4v) is 2.40. The summed E-state index contributed by atoms with van der Waals surface area (Å²) >= 11 is 0. The first-order chi connectivity index (χ1) is 11.7. The molecule has 1 atom stereocenters. The van der Waals surface area contributed by atoms with Gasteiger partial charge >= 0.3 is 12.1 Å². The van der Waals surface area contributed by atoms with Crippen LogP contribution in [0.15, 0.2) is 30.3 Å². The van der Waals surface area contributed by atoms with Gasteiger partial charge in [0.25, 0.3) is 0 Å². The van der Waals surface area contributed by atoms with Crippen LogP contribution in [0, 0.1) is 0 Å². The number of alkyl carbamates (subject to hydrolysis) is 1. The van der Waals surface area contributed by atoms with Gasteiger partial charge in [0.15, 0.2) is 0 Å². The number of aliphatic carboxylic acids is 1. The smallest absolute Gasteiger partial charge is 0.408 e. The van der Waals surface area contributed by atoms with Crippen LogP contribution in [0.3, 0.4) is 0 Å². The molecule has 25 heavy (non-hydrogen) atoms. The fraction of sp³-hybridized carbons (Fsp3) is 0.400. The van der Waals surface area contributed by atoms with Crippen molar-refractivity contribution in [2.75, 3.05) is 6.26 Å². The van der Waals surface area contributed by atoms with Gasteiger partial charge < -0.3 is 15.2 Å². The molecule has 1 rings (SSSR count). The molecule has 0 unspecified atom stereocenters. The van der Waals surface area contributed by atoms with Gasteiger partial charge in [0.2, 0.25) is 15.9 Å². The van der Waals surface area contributed by atoms with E-state index in [1.165, 1.54) is 0 Å². The highest BCUT2D eigenvalue weighted by Gasteiger charge is 2.21. The van der Waals surface area contributed by atoms with Crippen molar-refractivity contribution in [3.8, 4) is 0 Å². The highest BCUT2D eigenvalue weighted by Crippen LogP contribution is 2.04. The number of benzene rings is 1. The number of amides is 2. The molecule has 0 aliphatic rings. The SMILES string of the molecule is CS(=O)(=O)NC(=O)CCC[C@H](NC(=O)OCc1ccccc1)C(=O)O. The maximum absolute atomic E-state index is 11.7. The van der Waals surface area contributed by atoms with Crippen molar-refractivity contribution in [3.63, 3.8) is 0 Å². The monoisotopic (exact) mass is 372 g/mol. The Morgan fingerprint density at radius 3 is 2.40 bits per heavy atom. The van der Waals surface area contributed by atoms with Crippen LogP contribution >= 0.6 is 0 Å². The molecular formula is C15H20N2O7S. The number of carboxylic acid groups (broad SMARTS) is 1. The van der Waals surface area contributed by atoms with Gasteiger partial charge in [0.05, 0.1) is 6.26 Å². The summed E-state index contributed by atoms with van der Waals surface area (Å²) in [5.74, 6) is -2.02. The van der Waals surface area contributed by atoms with Crippen molar-refractivity contribution in [2.24, 2.45) is 0 Å². The number of sulfonamides is 1. The lowest BCUT2D eigenvalue weighted by atomic mass is 10.1. The van der Waals surface area contributed by atoms with E-state index in [2.05, 4.69) is 5.32 Å². The second kappa shape index (κ2) is 9.62. The average Bonchev–Trinajstić information content (AvgIpc) is 2.51. The third-order valence-electron chi connectivity index (χ3n) is 3.00. The number of carboxylic acids is 1. The van der Waals surface area contributed by atoms with Crippen molar-refractivity contribution >= 4 is 28.0 Å². The van der Waals surface area contributed by atoms with E-state index in [0.29, 0.717) is 0 Å². The van der Waals surface area contributed by atoms with Crippen LogP contribution < -0.4 is 10.0 Å². The van der Waals surface area contributed by atoms with E-state index in [-0.39, 0.29) is 25.9 Å². The first kappa shape index (κ1) is 20.4. The Bertz CT molecular complexity index is 704. The van der Waals surface area contributed by atoms with Crippen molar-refractivity contribution in [2.45, 2.75) is 31.9 Å². The summed E-state index contributed by atoms with van der Waals surface area (Å²) in [6.07, 6.45) is -0.200. The summed E-state index contributed by atoms with van der Waals surface area (Å²) in [6.45, 7) is -0.00419. The number of ether oxygens (including phenoxy) is 1. The summed E-state index contributed by atoms with van der Waals surface area (Å²) in [5, 5.41) is 11.3. The Hall–Kier alpha value is -2.62. The van der Waals surface area contributed by atoms with E-state index in [0.717, 1.165) is 11.8 Å². The maximum Gasteiger partial charge on any atom is 0.408 e. The molecule has 0 heterocycles. The van der Waals surface area contributed by atoms with Crippen molar-refractivity contribution in [1.29, 1.82) is 0 Å². The first-order valence-electron chi connectivity index (χ1n) is 7.38. The molecule has 0 radical (unpaired) electrons. The third kappa shape index (κ3) is 9.30. The van der Waals surface area contributed by atoms with Gasteiger partial charge in [-0.05, 0) is 18.4 Å². The second-order valence-corrected chi connectivity index (χ2v) is 7.03. The minimum absolute atomic E-state index is 0.00419. The number of rotatable bonds is 9. The molecule has 0 aliphatic heterocycles. The molecule has 0 saturated carbocycles. The Balaban J connectivity index is 2.39. The summed E-state index contributed by atoms with van der Waals surface area (Å²) in [5.41, 5.74) is 0.752. The molecule has 0 aliphatic carbocycles. The lowest BCUT2D eigenvalue weighted by Crippen LogP contribution is -2.41. The van der Waals surface area contributed by atoms with E-state index in [1.807, 2.05) is 6.07 Å². The van der Waals surface area contributed by atoms with Crippen molar-refractivity contribution in [3.05, 3.63) is 35.9 Å². The van der Waals surface area contributed by atoms with Gasteiger partial charge in [-0.3, -0.25) is 9.52 Å². The van der Waals surface area contributed by atoms with Crippen LogP contribution in [0.5, 0.6) is 0 Å². The first-order valence-corrected chi connectivity index (χ1v) is 9.27. The Kier molecular flexibility index (Phi) is 7.86. The van der Waals surface area contributed by atoms with E-state index in [1.54, 1.807) is 29.0 Å². The van der Waals surface area contributed by atoms with Crippen LogP contribution in [0.1, 0.15) is 24.8 Å². The fourth-order valence-electron chi connectivity index (χ4n) is 1.89. The van der Waals surface area contributed by atoms with Gasteiger partial charge in [0.1, 0.15) is 12.6 Å². The topological polar surface area (TPSA) is 139 Å². The Morgan fingerprint density at radius 2 is 1.84 bits per heavy atom. The zero-order chi connectivity index (χ0) is 18.9. The molecule has 1 aromatic carbocycles. The maximum atomic E-state index is 11.7. The Morgan fingerprint density at radius 1 is 1.20 bits per heavy atom. The normalized spacial score (nSPS) is 12.0. The molecular weight excluding hydrogens is 352 g/mol. The third-order valence-corrected chi connectivity index (χ3v) is 3.60. The summed E-state index contributed by atoms with van der Waals surface area (Å²) in [4.78, 5) is 34.1. The van der Waals surface area contributed by atoms with Gasteiger partial charge in [-0.15, -0.1) is 0 Å². The lowest BCUT2D eigenvalue weighted by molar-refractivity contribution is -0.139. The van der Waals surface area contributed by atoms with E-state index < -0.39 is 34.0 Å². The average molecular weight is 372 g/mol. The molecule has 0 fully saturated rings. The zero-order valence-electron chi connectivity index (χ0n) is 13.6. The second-order valence-electron chi connectivity index (χ2n) is 5.29. The van der Waals surface area contributed by atoms with Gasteiger partial charge in [-0.2, -0.15) is 0 Å². The molecule has 0 saturated heterocycles. The Labute approximate surface area is 145 Å². The molecule has 0 aromatic heterocycles. The largest absolute Gasteiger partial charge is 0.480 e. The van der Waals surface area contributed by atoms with Gasteiger partial charge in [-0.25, -0.2) is 18.0 Å². The van der Waals surface area contributed by atoms with Crippen LogP contribution in [0.25, 0.3) is 0 Å². The minimum atomic E-state index is -3.65. The quantitative estimate of drug-likeness (QED) is 0.577. The molecule has 0 spiro atoms. The summed E-state index contributed by atoms with van der Waals surface area (Å²) < 4.78 is 28.5. The molecule has 2 amide bonds. The zero-order valence-corrected chi connectivity index (χ0v) is 14.4. The lowest BCUT2D eigenvalue weighted by Gasteiger charge is -2.14. The highest BCUT2D eigenvalue weighted by molar-refractivity contribution is 7.89. The van der Waals surface area contributed by atoms with Crippen LogP contribution in [0.2, 0.25) is 0 Å². The van der Waals surface area contributed by atoms with E-state index >= 15 is 0 Å². The predicted molar refractivity (Wildman–Crippen MR) is 88.0 cm³/mol. The van der Waals surface area contributed by atoms with E-state index in [4.69, 9.17) is 9.84 Å². The van der Waals surface area contributed by atoms with Crippen molar-refractivity contribution in [1.82, 2.24) is 10.0 Å². The van der Waals surface area contributed by atoms with Gasteiger partial charge in [0, 0.05) is 6.42 Å². The van der Waals surface area contributed by atoms with Crippen molar-refractivity contribution < 1.29 is 32.6 Å². The standard InChI is InChI=1S/C15H20N2O7S/c1-25(22,23)17-13(18)9-5-8-12(14(19)20)16-15(21)24-10-11-6-3-2-4-7-11/h2-4,6-7,12H,5,8-10H2,1H3,(H,16,21)(H,17,18)(H,19,20)/t12-/m0/s1. The number of hydrogen-bond acceptors (Lipinski definition) is 6. The number of carbonyl (C=O) groups is 3. The minimum Gasteiger partial charge on any atom is -0.480 e. The number of carbonyl (C=O) groups excluding carboxylic acids is 2. The van der Waals surface area contributed by atoms with E-state index in [9.17, 15) is 22.8 Å². The molecule has 10 heteroatoms. The molecule has 0 bridgehead atoms. The van der Waals surface area contributed by atoms with Gasteiger partial charge in [-0.1, -0.05) is 30.3 Å². The predicted octanol–water partition coefficient (Wildman–Crippen LogP) is 0.612. The molecule has 3 N–H and O–H groups in total. The van der Waals surface area contributed by atoms with Crippen LogP contribution in [-0.2, 0) is 31.0 Å². The number of hydrogen-bond donors (Lipinski definition) is 3. The summed E-state index contributed by atoms with van der Waals surface area (Å²) in [6, 6.07) is 7.62. The van der Waals surface area contributed by atoms with Crippen LogP contribution in [-0.4, -0.2) is 43.8 Å². The molecule has 1 aromatic rings. The van der Waals surface area contributed by atoms with Crippen LogP contribution in [0.4, 0.5) is 4.79 Å². The molecule has 138 valence electrons. The summed E-state index contributed by atoms with van der Waals surface area (Å²) in [7, 11) is -3.65. The molecule has 9 nitrogen and oxygen atoms in total. The number of nitrogens with one attached hydrogen (secondary N) is 2.